The molecule has 1 aliphatic rings. The first-order valence-electron chi connectivity index (χ1n) is 7.89. The third-order valence-electron chi connectivity index (χ3n) is 4.06. The molecule has 24 heavy (non-hydrogen) atoms. The second-order valence-electron chi connectivity index (χ2n) is 5.67. The van der Waals surface area contributed by atoms with Crippen molar-refractivity contribution in [2.24, 2.45) is 0 Å². The van der Waals surface area contributed by atoms with E-state index in [1.54, 1.807) is 13.3 Å². The number of piperazine rings is 1. The first kappa shape index (κ1) is 17.4. The quantitative estimate of drug-likeness (QED) is 0.817. The van der Waals surface area contributed by atoms with Crippen molar-refractivity contribution in [1.82, 2.24) is 14.8 Å². The zero-order valence-corrected chi connectivity index (χ0v) is 15.1. The van der Waals surface area contributed by atoms with Gasteiger partial charge in [0.2, 0.25) is 0 Å². The van der Waals surface area contributed by atoms with Crippen LogP contribution in [0.5, 0.6) is 0 Å². The topological polar surface area (TPSA) is 45.7 Å². The number of nitrogens with zero attached hydrogens (tertiary/aromatic N) is 3. The number of ether oxygens (including phenoxy) is 1. The van der Waals surface area contributed by atoms with Crippen molar-refractivity contribution < 1.29 is 9.53 Å². The van der Waals surface area contributed by atoms with E-state index in [1.165, 1.54) is 11.3 Å². The zero-order chi connectivity index (χ0) is 16.9. The van der Waals surface area contributed by atoms with Crippen LogP contribution in [0.4, 0.5) is 0 Å². The second-order valence-corrected chi connectivity index (χ2v) is 7.13. The Morgan fingerprint density at radius 3 is 2.83 bits per heavy atom. The van der Waals surface area contributed by atoms with Crippen molar-refractivity contribution >= 4 is 28.8 Å². The summed E-state index contributed by atoms with van der Waals surface area (Å²) in [6.07, 6.45) is 1.67. The Labute approximate surface area is 150 Å². The summed E-state index contributed by atoms with van der Waals surface area (Å²) in [5.41, 5.74) is 0.941. The van der Waals surface area contributed by atoms with Crippen LogP contribution in [-0.4, -0.2) is 67.1 Å². The van der Waals surface area contributed by atoms with Crippen LogP contribution in [0.3, 0.4) is 0 Å². The molecule has 0 saturated carbocycles. The Bertz CT molecular complexity index is 699. The highest BCUT2D eigenvalue weighted by atomic mass is 35.5. The van der Waals surface area contributed by atoms with Crippen molar-refractivity contribution in [1.29, 1.82) is 0 Å². The number of thiazole rings is 1. The van der Waals surface area contributed by atoms with Crippen LogP contribution in [0.15, 0.2) is 30.5 Å². The molecule has 0 bridgehead atoms. The van der Waals surface area contributed by atoms with Gasteiger partial charge in [-0.15, -0.1) is 11.3 Å². The van der Waals surface area contributed by atoms with E-state index < -0.39 is 0 Å². The van der Waals surface area contributed by atoms with Crippen molar-refractivity contribution in [3.63, 3.8) is 0 Å². The van der Waals surface area contributed by atoms with E-state index in [9.17, 15) is 4.79 Å². The van der Waals surface area contributed by atoms with Gasteiger partial charge in [0, 0.05) is 50.4 Å². The zero-order valence-electron chi connectivity index (χ0n) is 13.6. The highest BCUT2D eigenvalue weighted by molar-refractivity contribution is 7.16. The Hall–Kier alpha value is -1.47. The third kappa shape index (κ3) is 4.13. The molecule has 1 amide bonds. The lowest BCUT2D eigenvalue weighted by Gasteiger charge is -2.34. The summed E-state index contributed by atoms with van der Waals surface area (Å²) in [6.45, 7) is 4.90. The number of hydrogen-bond acceptors (Lipinski definition) is 5. The third-order valence-corrected chi connectivity index (χ3v) is 5.33. The summed E-state index contributed by atoms with van der Waals surface area (Å²) in [5, 5.41) is 1.49. The maximum absolute atomic E-state index is 12.7. The minimum atomic E-state index is 0.0622. The molecule has 3 rings (SSSR count). The molecular formula is C17H20ClN3O2S. The molecule has 2 aromatic rings. The van der Waals surface area contributed by atoms with Gasteiger partial charge in [-0.2, -0.15) is 0 Å². The smallest absolute Gasteiger partial charge is 0.265 e. The van der Waals surface area contributed by atoms with Gasteiger partial charge in [-0.25, -0.2) is 4.98 Å². The highest BCUT2D eigenvalue weighted by Gasteiger charge is 2.23. The number of rotatable bonds is 5. The van der Waals surface area contributed by atoms with E-state index in [2.05, 4.69) is 9.88 Å². The van der Waals surface area contributed by atoms with E-state index in [-0.39, 0.29) is 5.91 Å². The van der Waals surface area contributed by atoms with E-state index in [1.807, 2.05) is 29.2 Å². The number of aromatic nitrogens is 1. The molecule has 1 saturated heterocycles. The number of hydrogen-bond donors (Lipinski definition) is 0. The van der Waals surface area contributed by atoms with E-state index in [0.717, 1.165) is 49.9 Å². The molecule has 0 spiro atoms. The average Bonchev–Trinajstić information content (AvgIpc) is 3.10. The van der Waals surface area contributed by atoms with Crippen molar-refractivity contribution in [2.45, 2.75) is 0 Å². The van der Waals surface area contributed by atoms with Gasteiger partial charge in [-0.3, -0.25) is 9.69 Å². The maximum atomic E-state index is 12.7. The summed E-state index contributed by atoms with van der Waals surface area (Å²) in [4.78, 5) is 21.9. The van der Waals surface area contributed by atoms with Gasteiger partial charge in [0.05, 0.1) is 12.8 Å². The minimum absolute atomic E-state index is 0.0622. The Morgan fingerprint density at radius 1 is 1.33 bits per heavy atom. The molecule has 0 radical (unpaired) electrons. The van der Waals surface area contributed by atoms with Gasteiger partial charge in [0.15, 0.2) is 0 Å². The average molecular weight is 366 g/mol. The lowest BCUT2D eigenvalue weighted by molar-refractivity contribution is 0.0598. The number of amides is 1. The molecule has 128 valence electrons. The minimum Gasteiger partial charge on any atom is -0.383 e. The highest BCUT2D eigenvalue weighted by Crippen LogP contribution is 2.28. The Balaban J connectivity index is 1.62. The Morgan fingerprint density at radius 2 is 2.12 bits per heavy atom. The molecule has 1 fully saturated rings. The summed E-state index contributed by atoms with van der Waals surface area (Å²) in [5.74, 6) is 0.0622. The van der Waals surface area contributed by atoms with E-state index in [0.29, 0.717) is 9.90 Å². The summed E-state index contributed by atoms with van der Waals surface area (Å²) < 4.78 is 5.10. The van der Waals surface area contributed by atoms with E-state index in [4.69, 9.17) is 16.3 Å². The van der Waals surface area contributed by atoms with Gasteiger partial charge in [-0.05, 0) is 12.1 Å². The molecule has 0 atom stereocenters. The number of methoxy groups -OCH3 is 1. The van der Waals surface area contributed by atoms with Crippen LogP contribution in [0.25, 0.3) is 10.6 Å². The van der Waals surface area contributed by atoms with Crippen LogP contribution in [0, 0.1) is 0 Å². The summed E-state index contributed by atoms with van der Waals surface area (Å²) in [6, 6.07) is 7.53. The molecule has 1 aromatic heterocycles. The molecule has 1 aliphatic heterocycles. The lowest BCUT2D eigenvalue weighted by Crippen LogP contribution is -2.49. The SMILES string of the molecule is COCCN1CCN(C(=O)c2cnc(-c3cccc(Cl)c3)s2)CC1. The molecule has 0 N–H and O–H groups in total. The number of carbonyl (C=O) groups excluding carboxylic acids is 1. The predicted molar refractivity (Wildman–Crippen MR) is 96.8 cm³/mol. The summed E-state index contributed by atoms with van der Waals surface area (Å²) >= 11 is 7.44. The Kier molecular flexibility index (Phi) is 5.84. The van der Waals surface area contributed by atoms with E-state index >= 15 is 0 Å². The van der Waals surface area contributed by atoms with Crippen molar-refractivity contribution in [3.8, 4) is 10.6 Å². The normalized spacial score (nSPS) is 15.7. The van der Waals surface area contributed by atoms with Crippen LogP contribution >= 0.6 is 22.9 Å². The largest absolute Gasteiger partial charge is 0.383 e. The molecular weight excluding hydrogens is 346 g/mol. The van der Waals surface area contributed by atoms with Crippen LogP contribution < -0.4 is 0 Å². The van der Waals surface area contributed by atoms with Crippen LogP contribution in [0.2, 0.25) is 5.02 Å². The fourth-order valence-electron chi connectivity index (χ4n) is 2.68. The van der Waals surface area contributed by atoms with Crippen LogP contribution in [-0.2, 0) is 4.74 Å². The molecule has 0 unspecified atom stereocenters. The van der Waals surface area contributed by atoms with Crippen molar-refractivity contribution in [3.05, 3.63) is 40.4 Å². The van der Waals surface area contributed by atoms with Gasteiger partial charge in [0.25, 0.3) is 5.91 Å². The molecule has 1 aromatic carbocycles. The first-order chi connectivity index (χ1) is 11.7. The number of carbonyl (C=O) groups is 1. The fourth-order valence-corrected chi connectivity index (χ4v) is 3.75. The summed E-state index contributed by atoms with van der Waals surface area (Å²) in [7, 11) is 1.71. The van der Waals surface area contributed by atoms with Gasteiger partial charge in [-0.1, -0.05) is 23.7 Å². The van der Waals surface area contributed by atoms with Crippen molar-refractivity contribution in [2.75, 3.05) is 46.4 Å². The molecule has 2 heterocycles. The second kappa shape index (κ2) is 8.07. The standard InChI is InChI=1S/C17H20ClN3O2S/c1-23-10-9-20-5-7-21(8-6-20)17(22)15-12-19-16(24-15)13-3-2-4-14(18)11-13/h2-4,11-12H,5-10H2,1H3. The lowest BCUT2D eigenvalue weighted by atomic mass is 10.2. The molecule has 0 aliphatic carbocycles. The van der Waals surface area contributed by atoms with Gasteiger partial charge >= 0.3 is 0 Å². The number of benzene rings is 1. The fraction of sp³-hybridized carbons (Fsp3) is 0.412. The molecule has 5 nitrogen and oxygen atoms in total. The first-order valence-corrected chi connectivity index (χ1v) is 9.09. The predicted octanol–water partition coefficient (Wildman–Crippen LogP) is 2.87. The monoisotopic (exact) mass is 365 g/mol. The number of halogens is 1. The maximum Gasteiger partial charge on any atom is 0.265 e. The van der Waals surface area contributed by atoms with Crippen LogP contribution in [0.1, 0.15) is 9.67 Å². The molecule has 7 heteroatoms. The van der Waals surface area contributed by atoms with Gasteiger partial charge in [0.1, 0.15) is 9.88 Å². The van der Waals surface area contributed by atoms with Gasteiger partial charge < -0.3 is 9.64 Å².